The monoisotopic (exact) mass is 1610 g/mol. The molecule has 3 aliphatic rings. The molecule has 535 valence electrons. The van der Waals surface area contributed by atoms with Crippen molar-refractivity contribution >= 4 is 95.3 Å². The number of allylic oxidation sites excluding steroid dienone is 1. The number of aliphatic hydroxyl groups is 1. The first-order chi connectivity index (χ1) is 48.8. The van der Waals surface area contributed by atoms with Crippen molar-refractivity contribution in [1.29, 1.82) is 0 Å². The maximum absolute atomic E-state index is 9.57. The number of nitrogens with one attached hydrogen (secondary N) is 1. The van der Waals surface area contributed by atoms with Crippen LogP contribution >= 0.6 is 40.7 Å². The summed E-state index contributed by atoms with van der Waals surface area (Å²) in [5.41, 5.74) is 32.7. The van der Waals surface area contributed by atoms with Gasteiger partial charge in [0.15, 0.2) is 0 Å². The molecule has 14 heteroatoms. The Labute approximate surface area is 637 Å². The van der Waals surface area contributed by atoms with Crippen molar-refractivity contribution < 1.29 is 39.0 Å². The van der Waals surface area contributed by atoms with E-state index in [0.717, 1.165) is 65.6 Å². The molecule has 2 heterocycles. The summed E-state index contributed by atoms with van der Waals surface area (Å²) in [6, 6.07) is 66.1. The third-order valence-electron chi connectivity index (χ3n) is 17.8. The van der Waals surface area contributed by atoms with Crippen molar-refractivity contribution in [2.75, 3.05) is 51.1 Å². The van der Waals surface area contributed by atoms with Crippen LogP contribution in [0.4, 0.5) is 34.1 Å². The molecule has 0 bridgehead atoms. The maximum atomic E-state index is 9.57. The fourth-order valence-electron chi connectivity index (χ4n) is 13.8. The number of hydrogen-bond acceptors (Lipinski definition) is 7. The van der Waals surface area contributed by atoms with Crippen LogP contribution in [0.3, 0.4) is 0 Å². The zero-order valence-electron chi connectivity index (χ0n) is 61.3. The fraction of sp³-hybridized carbons (Fsp3) is 0.239. The molecule has 102 heavy (non-hydrogen) atoms. The topological polar surface area (TPSA) is 70.4 Å². The van der Waals surface area contributed by atoms with Crippen molar-refractivity contribution in [3.05, 3.63) is 324 Å². The van der Waals surface area contributed by atoms with E-state index < -0.39 is 13.5 Å². The van der Waals surface area contributed by atoms with E-state index in [4.69, 9.17) is 40.7 Å². The fourth-order valence-corrected chi connectivity index (χ4v) is 17.4. The zero-order chi connectivity index (χ0) is 73.3. The molecule has 3 N–H and O–H groups in total. The Bertz CT molecular complexity index is 4300. The third-order valence-corrected chi connectivity index (χ3v) is 21.8. The van der Waals surface area contributed by atoms with Crippen molar-refractivity contribution in [2.24, 2.45) is 4.99 Å². The third kappa shape index (κ3) is 21.1. The second-order valence-corrected chi connectivity index (χ2v) is 34.9. The summed E-state index contributed by atoms with van der Waals surface area (Å²) >= 11 is 3.96. The van der Waals surface area contributed by atoms with Gasteiger partial charge in [-0.3, -0.25) is 4.99 Å². The molecule has 8 nitrogen and oxygen atoms in total. The van der Waals surface area contributed by atoms with Gasteiger partial charge < -0.3 is 24.7 Å². The average Bonchev–Trinajstić information content (AvgIpc) is 1.66. The normalized spacial score (nSPS) is 13.6. The van der Waals surface area contributed by atoms with Gasteiger partial charge >= 0.3 is 268 Å². The molecule has 13 rings (SSSR count). The Morgan fingerprint density at radius 2 is 0.941 bits per heavy atom. The van der Waals surface area contributed by atoms with Gasteiger partial charge in [0, 0.05) is 60.7 Å². The van der Waals surface area contributed by atoms with Crippen LogP contribution in [0.2, 0.25) is 5.02 Å². The number of phenols is 1. The molecule has 0 amide bonds. The van der Waals surface area contributed by atoms with Crippen LogP contribution in [0.5, 0.6) is 11.5 Å². The summed E-state index contributed by atoms with van der Waals surface area (Å²) in [5, 5.41) is 13.7. The molecule has 2 fully saturated rings. The molecule has 0 spiro atoms. The van der Waals surface area contributed by atoms with Crippen molar-refractivity contribution in [1.82, 2.24) is 0 Å². The molecule has 10 aromatic carbocycles. The van der Waals surface area contributed by atoms with E-state index in [1.165, 1.54) is 116 Å². The van der Waals surface area contributed by atoms with Crippen LogP contribution < -0.4 is 24.9 Å². The van der Waals surface area contributed by atoms with Crippen molar-refractivity contribution in [3.8, 4) is 11.5 Å². The summed E-state index contributed by atoms with van der Waals surface area (Å²) in [7, 11) is 18.1. The van der Waals surface area contributed by atoms with Gasteiger partial charge in [0.1, 0.15) is 5.75 Å². The minimum absolute atomic E-state index is 0.218. The standard InChI is InChI=1S/2C21H27N2.C17H18ClNO.C15H10.C14H13NO.3ClH.2Ru/c2*1-14-9-16(3)20(17(4)10-14)22-7-8-23(13-22)21-18(5)11-15(2)12-19(21)6;1-12(2)20-17-7-5-4-6-16(17)19-11-14-8-9-15(18)10-13(14)3;1-2-6-12(7-3-1)15-11-10-13-8-4-5-9-14(13)15;1-11-6-2-4-8-13(11)15-10-12-7-3-5-9-14(12)16;;;;;/h2*9-13H,7-8H2,1-6H3;3-10,12,19H,11H2,1-2H3;1-9,11H;2-10,16H,1H3;3*1H;;/q2*-1;;;;;;;+1;+2/p-2. The van der Waals surface area contributed by atoms with E-state index in [-0.39, 0.29) is 27.5 Å². The number of aliphatic imine (C=N–C) groups is 1. The summed E-state index contributed by atoms with van der Waals surface area (Å²) in [6.07, 6.45) is 4.17. The predicted molar refractivity (Wildman–Crippen MR) is 436 cm³/mol. The van der Waals surface area contributed by atoms with Gasteiger partial charge in [0.05, 0.1) is 5.69 Å². The molecule has 2 aliphatic heterocycles. The van der Waals surface area contributed by atoms with E-state index in [2.05, 4.69) is 248 Å². The van der Waals surface area contributed by atoms with Crippen LogP contribution in [-0.2, 0) is 35.7 Å². The zero-order valence-corrected chi connectivity index (χ0v) is 67.8. The molecular formula is C88H96Cl4N6O2Ru2-. The summed E-state index contributed by atoms with van der Waals surface area (Å²) in [4.78, 5) is 14.0. The molecule has 0 saturated carbocycles. The minimum atomic E-state index is -1.90. The first-order valence-corrected chi connectivity index (χ1v) is 43.4. The Morgan fingerprint density at radius 3 is 1.40 bits per heavy atom. The molecule has 0 aromatic heterocycles. The van der Waals surface area contributed by atoms with E-state index in [0.29, 0.717) is 11.6 Å². The number of phenolic OH excluding ortho intramolecular Hbond substituents is 1. The number of benzene rings is 10. The average molecular weight is 1610 g/mol. The van der Waals surface area contributed by atoms with Gasteiger partial charge in [-0.25, -0.2) is 0 Å². The second-order valence-electron chi connectivity index (χ2n) is 26.7. The number of ether oxygens (including phenoxy) is 1. The van der Waals surface area contributed by atoms with Crippen molar-refractivity contribution in [3.63, 3.8) is 0 Å². The van der Waals surface area contributed by atoms with Crippen LogP contribution in [0.15, 0.2) is 205 Å². The van der Waals surface area contributed by atoms with Crippen LogP contribution in [-0.4, -0.2) is 57.1 Å². The second kappa shape index (κ2) is 37.2. The van der Waals surface area contributed by atoms with Gasteiger partial charge in [0.25, 0.3) is 0 Å². The molecular weight excluding hydrogens is 1520 g/mol. The quantitative estimate of drug-likeness (QED) is 0.0394. The van der Waals surface area contributed by atoms with Gasteiger partial charge in [-0.2, -0.15) is 13.3 Å². The van der Waals surface area contributed by atoms with Crippen molar-refractivity contribution in [2.45, 2.75) is 117 Å². The van der Waals surface area contributed by atoms with Gasteiger partial charge in [0.2, 0.25) is 0 Å². The number of nitrogens with zero attached hydrogens (tertiary/aromatic N) is 5. The van der Waals surface area contributed by atoms with Crippen LogP contribution in [0.25, 0.3) is 5.57 Å². The number of fused-ring (bicyclic) bond motifs is 1. The van der Waals surface area contributed by atoms with Gasteiger partial charge in [-0.05, 0) is 158 Å². The molecule has 1 aliphatic carbocycles. The predicted octanol–water partition coefficient (Wildman–Crippen LogP) is 23.0. The van der Waals surface area contributed by atoms with E-state index >= 15 is 0 Å². The van der Waals surface area contributed by atoms with Crippen LogP contribution in [0, 0.1) is 103 Å². The summed E-state index contributed by atoms with van der Waals surface area (Å²) in [5.74, 6) is 1.21. The molecule has 0 atom stereocenters. The summed E-state index contributed by atoms with van der Waals surface area (Å²) < 4.78 is 7.85. The number of hydrogen-bond donors (Lipinski definition) is 2. The SMILES string of the molecule is CC(C)[OH+]c1ccccc1NCc1ccc(Cl)cc1[CH]=[Ru]([Cl])[Cl].Cc1cc(C)c(N2[CH-]N(c3c(C)cc(C)cc3C)CC2)c(C)c1.Cc1cc(C)c(N2[CH-]N(c3c(C)cc(C)cc3C)CC2)c(C)c1.Cc1ccccc1N=Cc1ccccc1O.[Cl][Ru]=[C]1C=C(c2ccccc2)c2ccccc21. The number of rotatable bonds is 13. The van der Waals surface area contributed by atoms with Crippen LogP contribution in [0.1, 0.15) is 120 Å². The Hall–Kier alpha value is -7.64. The Morgan fingerprint density at radius 1 is 0.510 bits per heavy atom. The number of aryl methyl sites for hydroxylation is 13. The first kappa shape index (κ1) is 78.5. The summed E-state index contributed by atoms with van der Waals surface area (Å²) in [6.45, 7) is 41.9. The van der Waals surface area contributed by atoms with E-state index in [9.17, 15) is 5.11 Å². The number of para-hydroxylation sites is 4. The Kier molecular flexibility index (Phi) is 28.6. The van der Waals surface area contributed by atoms with E-state index in [1.54, 1.807) is 18.3 Å². The molecule has 0 unspecified atom stereocenters. The molecule has 10 aromatic rings. The Balaban J connectivity index is 0.000000149. The molecule has 0 radical (unpaired) electrons. The van der Waals surface area contributed by atoms with E-state index in [1.807, 2.05) is 96.5 Å². The number of anilines is 5. The van der Waals surface area contributed by atoms with Gasteiger partial charge in [-0.15, -0.1) is 0 Å². The molecule has 2 saturated heterocycles. The van der Waals surface area contributed by atoms with Gasteiger partial charge in [-0.1, -0.05) is 101 Å². The number of aromatic hydroxyl groups is 2. The first-order valence-electron chi connectivity index (χ1n) is 34.4. The number of halogens is 4.